The number of hydrogen-bond donors (Lipinski definition) is 1. The lowest BCUT2D eigenvalue weighted by atomic mass is 9.95. The number of methoxy groups -OCH3 is 1. The van der Waals surface area contributed by atoms with Gasteiger partial charge in [-0.2, -0.15) is 0 Å². The maximum absolute atomic E-state index is 12.7. The lowest BCUT2D eigenvalue weighted by molar-refractivity contribution is -0.123. The third-order valence-electron chi connectivity index (χ3n) is 4.86. The van der Waals surface area contributed by atoms with Crippen LogP contribution in [0.4, 0.5) is 11.4 Å². The Hall–Kier alpha value is -2.18. The predicted molar refractivity (Wildman–Crippen MR) is 120 cm³/mol. The number of anilines is 2. The van der Waals surface area contributed by atoms with Crippen molar-refractivity contribution in [3.63, 3.8) is 0 Å². The molecule has 0 aliphatic carbocycles. The average molecular weight is 433 g/mol. The van der Waals surface area contributed by atoms with Gasteiger partial charge in [0.15, 0.2) is 0 Å². The van der Waals surface area contributed by atoms with Gasteiger partial charge in [0.25, 0.3) is 0 Å². The number of ether oxygens (including phenoxy) is 1. The summed E-state index contributed by atoms with van der Waals surface area (Å²) in [4.78, 5) is 26.8. The molecule has 0 radical (unpaired) electrons. The Morgan fingerprint density at radius 2 is 1.97 bits per heavy atom. The summed E-state index contributed by atoms with van der Waals surface area (Å²) in [7, 11) is 1.61. The number of benzene rings is 2. The number of amides is 2. The van der Waals surface area contributed by atoms with Crippen molar-refractivity contribution in [1.82, 2.24) is 0 Å². The molecule has 29 heavy (non-hydrogen) atoms. The van der Waals surface area contributed by atoms with Crippen LogP contribution in [0.2, 0.25) is 0 Å². The summed E-state index contributed by atoms with van der Waals surface area (Å²) in [5, 5.41) is 2.75. The van der Waals surface area contributed by atoms with E-state index in [-0.39, 0.29) is 23.1 Å². The third-order valence-corrected chi connectivity index (χ3v) is 6.74. The standard InChI is InChI=1S/C22H25ClN2O3S/c1-14-5-10-18(28-4)17(11-14)25-19(26)12-29-20(25)15-6-8-16(9-7-15)24-21(27)22(2,3)13-23/h5-11,20H,12-13H2,1-4H3,(H,24,27)/t20-/m0/s1. The lowest BCUT2D eigenvalue weighted by Gasteiger charge is -2.26. The van der Waals surface area contributed by atoms with Crippen LogP contribution in [0.15, 0.2) is 42.5 Å². The van der Waals surface area contributed by atoms with E-state index < -0.39 is 5.41 Å². The van der Waals surface area contributed by atoms with Gasteiger partial charge in [-0.15, -0.1) is 23.4 Å². The lowest BCUT2D eigenvalue weighted by Crippen LogP contribution is -2.32. The van der Waals surface area contributed by atoms with E-state index in [0.29, 0.717) is 17.2 Å². The highest BCUT2D eigenvalue weighted by Gasteiger charge is 2.35. The molecule has 0 spiro atoms. The molecule has 7 heteroatoms. The monoisotopic (exact) mass is 432 g/mol. The molecule has 2 aromatic rings. The number of aryl methyl sites for hydroxylation is 1. The van der Waals surface area contributed by atoms with Crippen molar-refractivity contribution >= 4 is 46.6 Å². The molecule has 2 aromatic carbocycles. The largest absolute Gasteiger partial charge is 0.495 e. The van der Waals surface area contributed by atoms with Crippen molar-refractivity contribution in [1.29, 1.82) is 0 Å². The smallest absolute Gasteiger partial charge is 0.238 e. The van der Waals surface area contributed by atoms with Gasteiger partial charge in [-0.05, 0) is 56.2 Å². The van der Waals surface area contributed by atoms with Gasteiger partial charge in [0, 0.05) is 11.6 Å². The van der Waals surface area contributed by atoms with Crippen LogP contribution in [0.1, 0.15) is 30.3 Å². The maximum Gasteiger partial charge on any atom is 0.238 e. The quantitative estimate of drug-likeness (QED) is 0.653. The molecule has 1 heterocycles. The second-order valence-electron chi connectivity index (χ2n) is 7.70. The van der Waals surface area contributed by atoms with Crippen LogP contribution in [0.5, 0.6) is 5.75 Å². The second-order valence-corrected chi connectivity index (χ2v) is 9.03. The first-order valence-electron chi connectivity index (χ1n) is 9.32. The topological polar surface area (TPSA) is 58.6 Å². The zero-order valence-electron chi connectivity index (χ0n) is 17.0. The maximum atomic E-state index is 12.7. The van der Waals surface area contributed by atoms with Crippen LogP contribution in [0.3, 0.4) is 0 Å². The zero-order chi connectivity index (χ0) is 21.2. The number of nitrogens with zero attached hydrogens (tertiary/aromatic N) is 1. The van der Waals surface area contributed by atoms with Crippen molar-refractivity contribution < 1.29 is 14.3 Å². The van der Waals surface area contributed by atoms with E-state index in [1.807, 2.05) is 49.4 Å². The van der Waals surface area contributed by atoms with Crippen molar-refractivity contribution in [2.75, 3.05) is 29.0 Å². The first-order chi connectivity index (χ1) is 13.8. The molecule has 2 amide bonds. The second kappa shape index (κ2) is 8.67. The molecule has 1 fully saturated rings. The first kappa shape index (κ1) is 21.5. The molecule has 1 aliphatic heterocycles. The van der Waals surface area contributed by atoms with E-state index in [1.54, 1.807) is 37.6 Å². The highest BCUT2D eigenvalue weighted by Crippen LogP contribution is 2.45. The fraction of sp³-hybridized carbons (Fsp3) is 0.364. The SMILES string of the molecule is COc1ccc(C)cc1N1C(=O)CS[C@H]1c1ccc(NC(=O)C(C)(C)CCl)cc1. The Morgan fingerprint density at radius 3 is 2.59 bits per heavy atom. The van der Waals surface area contributed by atoms with Gasteiger partial charge in [-0.25, -0.2) is 0 Å². The van der Waals surface area contributed by atoms with E-state index in [2.05, 4.69) is 5.32 Å². The molecule has 1 atom stereocenters. The van der Waals surface area contributed by atoms with Gasteiger partial charge in [0.1, 0.15) is 11.1 Å². The highest BCUT2D eigenvalue weighted by atomic mass is 35.5. The molecule has 0 bridgehead atoms. The number of halogens is 1. The average Bonchev–Trinajstić information content (AvgIpc) is 3.09. The number of rotatable bonds is 6. The van der Waals surface area contributed by atoms with Crippen LogP contribution in [-0.2, 0) is 9.59 Å². The summed E-state index contributed by atoms with van der Waals surface area (Å²) in [6.45, 7) is 5.60. The van der Waals surface area contributed by atoms with Gasteiger partial charge in [0.05, 0.1) is 24.0 Å². The van der Waals surface area contributed by atoms with E-state index in [1.165, 1.54) is 0 Å². The minimum absolute atomic E-state index is 0.0464. The van der Waals surface area contributed by atoms with Crippen LogP contribution in [0, 0.1) is 12.3 Å². The van der Waals surface area contributed by atoms with Crippen LogP contribution in [-0.4, -0.2) is 30.6 Å². The molecule has 154 valence electrons. The summed E-state index contributed by atoms with van der Waals surface area (Å²) in [5.74, 6) is 1.24. The fourth-order valence-electron chi connectivity index (χ4n) is 3.01. The van der Waals surface area contributed by atoms with E-state index in [0.717, 1.165) is 16.8 Å². The summed E-state index contributed by atoms with van der Waals surface area (Å²) in [6, 6.07) is 13.4. The Balaban J connectivity index is 1.85. The third kappa shape index (κ3) is 4.54. The number of carbonyl (C=O) groups excluding carboxylic acids is 2. The van der Waals surface area contributed by atoms with Crippen molar-refractivity contribution in [2.24, 2.45) is 5.41 Å². The molecular weight excluding hydrogens is 408 g/mol. The first-order valence-corrected chi connectivity index (χ1v) is 10.9. The molecule has 3 rings (SSSR count). The molecule has 1 N–H and O–H groups in total. The molecular formula is C22H25ClN2O3S. The summed E-state index contributed by atoms with van der Waals surface area (Å²) in [5.41, 5.74) is 2.87. The minimum Gasteiger partial charge on any atom is -0.495 e. The molecule has 0 aromatic heterocycles. The summed E-state index contributed by atoms with van der Waals surface area (Å²) >= 11 is 7.45. The van der Waals surface area contributed by atoms with Crippen LogP contribution >= 0.6 is 23.4 Å². The fourth-order valence-corrected chi connectivity index (χ4v) is 4.30. The van der Waals surface area contributed by atoms with E-state index in [4.69, 9.17) is 16.3 Å². The highest BCUT2D eigenvalue weighted by molar-refractivity contribution is 8.00. The Morgan fingerprint density at radius 1 is 1.28 bits per heavy atom. The Bertz CT molecular complexity index is 915. The van der Waals surface area contributed by atoms with Crippen LogP contribution < -0.4 is 15.0 Å². The van der Waals surface area contributed by atoms with Crippen molar-refractivity contribution in [2.45, 2.75) is 26.1 Å². The van der Waals surface area contributed by atoms with Gasteiger partial charge >= 0.3 is 0 Å². The minimum atomic E-state index is -0.646. The van der Waals surface area contributed by atoms with E-state index in [9.17, 15) is 9.59 Å². The number of thioether (sulfide) groups is 1. The normalized spacial score (nSPS) is 16.8. The van der Waals surface area contributed by atoms with Gasteiger partial charge in [-0.3, -0.25) is 14.5 Å². The van der Waals surface area contributed by atoms with Crippen molar-refractivity contribution in [3.05, 3.63) is 53.6 Å². The molecule has 0 unspecified atom stereocenters. The molecule has 1 saturated heterocycles. The predicted octanol–water partition coefficient (Wildman–Crippen LogP) is 4.99. The summed E-state index contributed by atoms with van der Waals surface area (Å²) < 4.78 is 5.49. The molecule has 0 saturated carbocycles. The van der Waals surface area contributed by atoms with E-state index >= 15 is 0 Å². The van der Waals surface area contributed by atoms with Gasteiger partial charge in [0.2, 0.25) is 11.8 Å². The van der Waals surface area contributed by atoms with Gasteiger partial charge in [-0.1, -0.05) is 18.2 Å². The Labute approximate surface area is 180 Å². The number of alkyl halides is 1. The zero-order valence-corrected chi connectivity index (χ0v) is 18.6. The number of carbonyl (C=O) groups is 2. The summed E-state index contributed by atoms with van der Waals surface area (Å²) in [6.07, 6.45) is 0. The number of hydrogen-bond acceptors (Lipinski definition) is 4. The van der Waals surface area contributed by atoms with Crippen molar-refractivity contribution in [3.8, 4) is 5.75 Å². The molecule has 1 aliphatic rings. The van der Waals surface area contributed by atoms with Gasteiger partial charge < -0.3 is 10.1 Å². The van der Waals surface area contributed by atoms with Crippen LogP contribution in [0.25, 0.3) is 0 Å². The molecule has 5 nitrogen and oxygen atoms in total. The number of nitrogens with one attached hydrogen (secondary N) is 1. The Kier molecular flexibility index (Phi) is 6.44.